The third kappa shape index (κ3) is 2.82. The Morgan fingerprint density at radius 2 is 1.60 bits per heavy atom. The van der Waals surface area contributed by atoms with Gasteiger partial charge in [-0.25, -0.2) is 0 Å². The fourth-order valence-corrected chi connectivity index (χ4v) is 2.86. The molecule has 1 fully saturated rings. The lowest BCUT2D eigenvalue weighted by molar-refractivity contribution is -0.124. The normalized spacial score (nSPS) is 19.4. The zero-order valence-corrected chi connectivity index (χ0v) is 12.2. The molecule has 1 aliphatic carbocycles. The molecule has 0 atom stereocenters. The third-order valence-corrected chi connectivity index (χ3v) is 3.76. The minimum absolute atomic E-state index is 0.0214. The van der Waals surface area contributed by atoms with E-state index >= 15 is 0 Å². The second-order valence-corrected chi connectivity index (χ2v) is 5.55. The SMILES string of the molecule is CCC(O)=C1C(=O)CC(c2cc(C)cc(C)c2)CC1=O. The van der Waals surface area contributed by atoms with Crippen molar-refractivity contribution in [1.82, 2.24) is 0 Å². The van der Waals surface area contributed by atoms with Crippen molar-refractivity contribution < 1.29 is 14.7 Å². The summed E-state index contributed by atoms with van der Waals surface area (Å²) in [5.41, 5.74) is 3.34. The van der Waals surface area contributed by atoms with Crippen LogP contribution in [0, 0.1) is 13.8 Å². The predicted octanol–water partition coefficient (Wildman–Crippen LogP) is 3.54. The van der Waals surface area contributed by atoms with Crippen LogP contribution in [0.15, 0.2) is 29.5 Å². The summed E-state index contributed by atoms with van der Waals surface area (Å²) >= 11 is 0. The van der Waals surface area contributed by atoms with Crippen molar-refractivity contribution in [3.63, 3.8) is 0 Å². The standard InChI is InChI=1S/C17H20O3/c1-4-14(18)17-15(19)8-13(9-16(17)20)12-6-10(2)5-11(3)7-12/h5-7,13,18H,4,8-9H2,1-3H3. The quantitative estimate of drug-likeness (QED) is 0.509. The van der Waals surface area contributed by atoms with Gasteiger partial charge < -0.3 is 5.11 Å². The number of aryl methyl sites for hydroxylation is 2. The Balaban J connectivity index is 2.32. The number of Topliss-reactive ketones (excluding diaryl/α,β-unsaturated/α-hetero) is 2. The second-order valence-electron chi connectivity index (χ2n) is 5.55. The number of aliphatic hydroxyl groups excluding tert-OH is 1. The fraction of sp³-hybridized carbons (Fsp3) is 0.412. The molecular formula is C17H20O3. The lowest BCUT2D eigenvalue weighted by Crippen LogP contribution is -2.26. The molecule has 20 heavy (non-hydrogen) atoms. The van der Waals surface area contributed by atoms with Gasteiger partial charge in [-0.1, -0.05) is 36.2 Å². The van der Waals surface area contributed by atoms with Gasteiger partial charge in [0, 0.05) is 19.3 Å². The first kappa shape index (κ1) is 14.5. The number of rotatable bonds is 2. The molecule has 3 nitrogen and oxygen atoms in total. The van der Waals surface area contributed by atoms with E-state index in [1.54, 1.807) is 6.92 Å². The van der Waals surface area contributed by atoms with E-state index in [1.807, 2.05) is 26.0 Å². The molecule has 0 spiro atoms. The van der Waals surface area contributed by atoms with Crippen LogP contribution < -0.4 is 0 Å². The second kappa shape index (κ2) is 5.61. The number of benzene rings is 1. The Morgan fingerprint density at radius 3 is 2.05 bits per heavy atom. The molecule has 1 aliphatic rings. The smallest absolute Gasteiger partial charge is 0.170 e. The topological polar surface area (TPSA) is 54.4 Å². The molecule has 106 valence electrons. The van der Waals surface area contributed by atoms with Crippen LogP contribution in [0.2, 0.25) is 0 Å². The van der Waals surface area contributed by atoms with Gasteiger partial charge in [0.15, 0.2) is 11.6 Å². The van der Waals surface area contributed by atoms with E-state index in [0.29, 0.717) is 19.3 Å². The van der Waals surface area contributed by atoms with Gasteiger partial charge in [0.05, 0.1) is 5.57 Å². The van der Waals surface area contributed by atoms with E-state index in [2.05, 4.69) is 6.07 Å². The zero-order valence-electron chi connectivity index (χ0n) is 12.2. The van der Waals surface area contributed by atoms with Gasteiger partial charge in [0.25, 0.3) is 0 Å². The average Bonchev–Trinajstić information content (AvgIpc) is 2.36. The van der Waals surface area contributed by atoms with Crippen LogP contribution in [0.5, 0.6) is 0 Å². The highest BCUT2D eigenvalue weighted by atomic mass is 16.3. The van der Waals surface area contributed by atoms with Gasteiger partial charge in [-0.3, -0.25) is 9.59 Å². The summed E-state index contributed by atoms with van der Waals surface area (Å²) in [7, 11) is 0. The van der Waals surface area contributed by atoms with Gasteiger partial charge in [-0.15, -0.1) is 0 Å². The van der Waals surface area contributed by atoms with Crippen molar-refractivity contribution in [2.75, 3.05) is 0 Å². The monoisotopic (exact) mass is 272 g/mol. The van der Waals surface area contributed by atoms with E-state index in [9.17, 15) is 14.7 Å². The number of carbonyl (C=O) groups is 2. The maximum absolute atomic E-state index is 12.1. The molecular weight excluding hydrogens is 252 g/mol. The molecule has 0 heterocycles. The summed E-state index contributed by atoms with van der Waals surface area (Å²) in [4.78, 5) is 24.2. The molecule has 1 aromatic rings. The highest BCUT2D eigenvalue weighted by Crippen LogP contribution is 2.33. The van der Waals surface area contributed by atoms with E-state index in [4.69, 9.17) is 0 Å². The van der Waals surface area contributed by atoms with Crippen LogP contribution in [0.1, 0.15) is 48.8 Å². The van der Waals surface area contributed by atoms with Crippen molar-refractivity contribution in [2.45, 2.75) is 46.0 Å². The predicted molar refractivity (Wildman–Crippen MR) is 77.9 cm³/mol. The maximum Gasteiger partial charge on any atom is 0.170 e. The molecule has 0 amide bonds. The molecule has 0 aliphatic heterocycles. The number of hydrogen-bond acceptors (Lipinski definition) is 3. The Bertz CT molecular complexity index is 556. The molecule has 2 rings (SSSR count). The maximum atomic E-state index is 12.1. The van der Waals surface area contributed by atoms with Crippen molar-refractivity contribution in [3.8, 4) is 0 Å². The summed E-state index contributed by atoms with van der Waals surface area (Å²) in [5.74, 6) is -0.601. The summed E-state index contributed by atoms with van der Waals surface area (Å²) in [6.45, 7) is 5.76. The van der Waals surface area contributed by atoms with E-state index in [0.717, 1.165) is 16.7 Å². The molecule has 0 aromatic heterocycles. The average molecular weight is 272 g/mol. The first-order chi connectivity index (χ1) is 9.42. The van der Waals surface area contributed by atoms with Crippen molar-refractivity contribution in [3.05, 3.63) is 46.2 Å². The van der Waals surface area contributed by atoms with Crippen molar-refractivity contribution in [2.24, 2.45) is 0 Å². The van der Waals surface area contributed by atoms with Crippen LogP contribution in [-0.4, -0.2) is 16.7 Å². The minimum Gasteiger partial charge on any atom is -0.511 e. The Hall–Kier alpha value is -1.90. The molecule has 3 heteroatoms. The highest BCUT2D eigenvalue weighted by Gasteiger charge is 2.33. The number of aliphatic hydroxyl groups is 1. The molecule has 0 bridgehead atoms. The Labute approximate surface area is 119 Å². The Kier molecular flexibility index (Phi) is 4.07. The minimum atomic E-state index is -0.232. The van der Waals surface area contributed by atoms with Gasteiger partial charge in [0.2, 0.25) is 0 Å². The number of hydrogen-bond donors (Lipinski definition) is 1. The summed E-state index contributed by atoms with van der Waals surface area (Å²) < 4.78 is 0. The molecule has 0 unspecified atom stereocenters. The van der Waals surface area contributed by atoms with Crippen LogP contribution in [0.25, 0.3) is 0 Å². The lowest BCUT2D eigenvalue weighted by Gasteiger charge is -2.23. The van der Waals surface area contributed by atoms with E-state index < -0.39 is 0 Å². The first-order valence-corrected chi connectivity index (χ1v) is 6.99. The van der Waals surface area contributed by atoms with Gasteiger partial charge in [0.1, 0.15) is 5.76 Å². The van der Waals surface area contributed by atoms with Crippen molar-refractivity contribution in [1.29, 1.82) is 0 Å². The number of carbonyl (C=O) groups excluding carboxylic acids is 2. The molecule has 1 saturated carbocycles. The van der Waals surface area contributed by atoms with Crippen LogP contribution in [0.4, 0.5) is 0 Å². The largest absolute Gasteiger partial charge is 0.511 e. The van der Waals surface area contributed by atoms with Gasteiger partial charge in [-0.2, -0.15) is 0 Å². The first-order valence-electron chi connectivity index (χ1n) is 6.99. The molecule has 0 radical (unpaired) electrons. The van der Waals surface area contributed by atoms with Gasteiger partial charge in [-0.05, 0) is 25.3 Å². The van der Waals surface area contributed by atoms with Crippen LogP contribution >= 0.6 is 0 Å². The molecule has 1 aromatic carbocycles. The summed E-state index contributed by atoms with van der Waals surface area (Å²) in [6.07, 6.45) is 0.920. The zero-order chi connectivity index (χ0) is 14.9. The molecule has 1 N–H and O–H groups in total. The summed E-state index contributed by atoms with van der Waals surface area (Å²) in [6, 6.07) is 6.14. The number of allylic oxidation sites excluding steroid dienone is 2. The van der Waals surface area contributed by atoms with Crippen LogP contribution in [-0.2, 0) is 9.59 Å². The summed E-state index contributed by atoms with van der Waals surface area (Å²) in [5, 5.41) is 9.71. The highest BCUT2D eigenvalue weighted by molar-refractivity contribution is 6.22. The van der Waals surface area contributed by atoms with E-state index in [-0.39, 0.29) is 28.8 Å². The lowest BCUT2D eigenvalue weighted by atomic mass is 9.79. The van der Waals surface area contributed by atoms with Crippen LogP contribution in [0.3, 0.4) is 0 Å². The Morgan fingerprint density at radius 1 is 1.10 bits per heavy atom. The van der Waals surface area contributed by atoms with E-state index in [1.165, 1.54) is 0 Å². The molecule has 0 saturated heterocycles. The van der Waals surface area contributed by atoms with Gasteiger partial charge >= 0.3 is 0 Å². The number of ketones is 2. The van der Waals surface area contributed by atoms with Crippen molar-refractivity contribution >= 4 is 11.6 Å². The fourth-order valence-electron chi connectivity index (χ4n) is 2.86. The third-order valence-electron chi connectivity index (χ3n) is 3.76.